The van der Waals surface area contributed by atoms with Gasteiger partial charge in [0.15, 0.2) is 0 Å². The Bertz CT molecular complexity index is 1100. The van der Waals surface area contributed by atoms with E-state index in [0.717, 1.165) is 11.8 Å². The summed E-state index contributed by atoms with van der Waals surface area (Å²) >= 11 is 0. The van der Waals surface area contributed by atoms with Crippen LogP contribution in [-0.4, -0.2) is 32.2 Å². The summed E-state index contributed by atoms with van der Waals surface area (Å²) in [6.07, 6.45) is 2.53. The molecular formula is C22H24N2O6S. The molecule has 0 aliphatic heterocycles. The van der Waals surface area contributed by atoms with Crippen molar-refractivity contribution >= 4 is 21.8 Å². The SMILES string of the molecule is CCOc1ccccc1NC(=O)N(Cc1ccc(OS(C)(=O)=O)cc1)Cc1ccco1. The number of benzene rings is 2. The molecule has 0 saturated carbocycles. The van der Waals surface area contributed by atoms with E-state index in [0.29, 0.717) is 23.8 Å². The highest BCUT2D eigenvalue weighted by Crippen LogP contribution is 2.25. The number of ether oxygens (including phenoxy) is 1. The van der Waals surface area contributed by atoms with E-state index in [4.69, 9.17) is 13.3 Å². The van der Waals surface area contributed by atoms with Crippen LogP contribution in [0.3, 0.4) is 0 Å². The molecular weight excluding hydrogens is 420 g/mol. The fraction of sp³-hybridized carbons (Fsp3) is 0.227. The molecule has 9 heteroatoms. The van der Waals surface area contributed by atoms with Gasteiger partial charge in [0.1, 0.15) is 17.3 Å². The fourth-order valence-electron chi connectivity index (χ4n) is 2.88. The van der Waals surface area contributed by atoms with Crippen LogP contribution in [0.5, 0.6) is 11.5 Å². The standard InChI is InChI=1S/C22H24N2O6S/c1-3-28-21-9-5-4-8-20(21)23-22(25)24(16-19-7-6-14-29-19)15-17-10-12-18(13-11-17)30-31(2,26)27/h4-14H,3,15-16H2,1-2H3,(H,23,25). The monoisotopic (exact) mass is 444 g/mol. The number of urea groups is 1. The summed E-state index contributed by atoms with van der Waals surface area (Å²) in [5, 5.41) is 2.89. The third kappa shape index (κ3) is 6.78. The molecule has 8 nitrogen and oxygen atoms in total. The molecule has 164 valence electrons. The summed E-state index contributed by atoms with van der Waals surface area (Å²) in [4.78, 5) is 14.6. The lowest BCUT2D eigenvalue weighted by Crippen LogP contribution is -2.34. The molecule has 0 unspecified atom stereocenters. The number of furan rings is 1. The quantitative estimate of drug-likeness (QED) is 0.496. The Morgan fingerprint density at radius 3 is 2.42 bits per heavy atom. The van der Waals surface area contributed by atoms with Crippen molar-refractivity contribution in [1.29, 1.82) is 0 Å². The van der Waals surface area contributed by atoms with Gasteiger partial charge in [0.2, 0.25) is 0 Å². The highest BCUT2D eigenvalue weighted by atomic mass is 32.2. The van der Waals surface area contributed by atoms with Gasteiger partial charge >= 0.3 is 16.1 Å². The Morgan fingerprint density at radius 1 is 1.03 bits per heavy atom. The smallest absolute Gasteiger partial charge is 0.322 e. The number of nitrogens with one attached hydrogen (secondary N) is 1. The van der Waals surface area contributed by atoms with Gasteiger partial charge in [-0.05, 0) is 48.9 Å². The Labute approximate surface area is 181 Å². The first-order valence-corrected chi connectivity index (χ1v) is 11.4. The van der Waals surface area contributed by atoms with Gasteiger partial charge < -0.3 is 23.6 Å². The maximum Gasteiger partial charge on any atom is 0.322 e. The van der Waals surface area contributed by atoms with Crippen LogP contribution < -0.4 is 14.2 Å². The minimum absolute atomic E-state index is 0.207. The number of carbonyl (C=O) groups is 1. The molecule has 3 aromatic rings. The lowest BCUT2D eigenvalue weighted by molar-refractivity contribution is 0.201. The Kier molecular flexibility index (Phi) is 7.19. The van der Waals surface area contributed by atoms with Crippen molar-refractivity contribution in [3.05, 3.63) is 78.3 Å². The van der Waals surface area contributed by atoms with Gasteiger partial charge in [0.25, 0.3) is 0 Å². The van der Waals surface area contributed by atoms with Gasteiger partial charge in [-0.1, -0.05) is 24.3 Å². The topological polar surface area (TPSA) is 98.1 Å². The summed E-state index contributed by atoms with van der Waals surface area (Å²) in [5.41, 5.74) is 1.36. The van der Waals surface area contributed by atoms with Gasteiger partial charge in [-0.3, -0.25) is 0 Å². The lowest BCUT2D eigenvalue weighted by Gasteiger charge is -2.23. The fourth-order valence-corrected chi connectivity index (χ4v) is 3.34. The first-order chi connectivity index (χ1) is 14.8. The van der Waals surface area contributed by atoms with Crippen molar-refractivity contribution in [1.82, 2.24) is 4.90 Å². The second-order valence-electron chi connectivity index (χ2n) is 6.73. The Hall–Kier alpha value is -3.46. The molecule has 31 heavy (non-hydrogen) atoms. The van der Waals surface area contributed by atoms with E-state index in [2.05, 4.69) is 5.32 Å². The molecule has 0 aliphatic rings. The van der Waals surface area contributed by atoms with Crippen LogP contribution in [0.4, 0.5) is 10.5 Å². The summed E-state index contributed by atoms with van der Waals surface area (Å²) in [6.45, 7) is 2.86. The van der Waals surface area contributed by atoms with Crippen LogP contribution >= 0.6 is 0 Å². The second kappa shape index (κ2) is 10.0. The summed E-state index contributed by atoms with van der Waals surface area (Å²) in [6, 6.07) is 16.9. The molecule has 0 fully saturated rings. The third-order valence-corrected chi connectivity index (χ3v) is 4.68. The van der Waals surface area contributed by atoms with Crippen molar-refractivity contribution in [3.63, 3.8) is 0 Å². The molecule has 1 N–H and O–H groups in total. The largest absolute Gasteiger partial charge is 0.492 e. The van der Waals surface area contributed by atoms with Gasteiger partial charge in [-0.15, -0.1) is 0 Å². The zero-order valence-corrected chi connectivity index (χ0v) is 18.1. The van der Waals surface area contributed by atoms with E-state index in [1.807, 2.05) is 19.1 Å². The van der Waals surface area contributed by atoms with Crippen LogP contribution in [0.15, 0.2) is 71.3 Å². The first-order valence-electron chi connectivity index (χ1n) is 9.62. The number of nitrogens with zero attached hydrogens (tertiary/aromatic N) is 1. The second-order valence-corrected chi connectivity index (χ2v) is 8.30. The maximum atomic E-state index is 13.1. The number of anilines is 1. The summed E-state index contributed by atoms with van der Waals surface area (Å²) in [5.74, 6) is 1.42. The molecule has 1 heterocycles. The highest BCUT2D eigenvalue weighted by molar-refractivity contribution is 7.86. The molecule has 0 saturated heterocycles. The molecule has 0 bridgehead atoms. The molecule has 2 aromatic carbocycles. The van der Waals surface area contributed by atoms with Gasteiger partial charge in [0.05, 0.1) is 31.4 Å². The number of amides is 2. The summed E-state index contributed by atoms with van der Waals surface area (Å²) < 4.78 is 38.4. The highest BCUT2D eigenvalue weighted by Gasteiger charge is 2.18. The molecule has 3 rings (SSSR count). The first kappa shape index (κ1) is 22.2. The van der Waals surface area contributed by atoms with Gasteiger partial charge in [-0.25, -0.2) is 4.79 Å². The molecule has 0 aliphatic carbocycles. The Balaban J connectivity index is 1.77. The van der Waals surface area contributed by atoms with E-state index in [9.17, 15) is 13.2 Å². The summed E-state index contributed by atoms with van der Waals surface area (Å²) in [7, 11) is -3.60. The van der Waals surface area contributed by atoms with Crippen LogP contribution in [0, 0.1) is 0 Å². The average molecular weight is 445 g/mol. The number of hydrogen-bond acceptors (Lipinski definition) is 6. The molecule has 1 aromatic heterocycles. The zero-order chi connectivity index (χ0) is 22.3. The minimum Gasteiger partial charge on any atom is -0.492 e. The van der Waals surface area contributed by atoms with E-state index in [1.165, 1.54) is 0 Å². The minimum atomic E-state index is -3.60. The normalized spacial score (nSPS) is 11.0. The van der Waals surface area contributed by atoms with Gasteiger partial charge in [0, 0.05) is 6.54 Å². The van der Waals surface area contributed by atoms with Crippen molar-refractivity contribution in [3.8, 4) is 11.5 Å². The van der Waals surface area contributed by atoms with Gasteiger partial charge in [-0.2, -0.15) is 8.42 Å². The van der Waals surface area contributed by atoms with E-state index in [-0.39, 0.29) is 24.9 Å². The van der Waals surface area contributed by atoms with Crippen LogP contribution in [0.25, 0.3) is 0 Å². The Morgan fingerprint density at radius 2 is 1.77 bits per heavy atom. The third-order valence-electron chi connectivity index (χ3n) is 4.19. The van der Waals surface area contributed by atoms with Crippen molar-refractivity contribution in [2.45, 2.75) is 20.0 Å². The predicted octanol–water partition coefficient (Wildman–Crippen LogP) is 4.25. The van der Waals surface area contributed by atoms with E-state index >= 15 is 0 Å². The van der Waals surface area contributed by atoms with Crippen molar-refractivity contribution in [2.24, 2.45) is 0 Å². The zero-order valence-electron chi connectivity index (χ0n) is 17.3. The van der Waals surface area contributed by atoms with Crippen LogP contribution in [0.2, 0.25) is 0 Å². The predicted molar refractivity (Wildman–Crippen MR) is 116 cm³/mol. The number of para-hydroxylation sites is 2. The molecule has 0 atom stereocenters. The molecule has 2 amide bonds. The van der Waals surface area contributed by atoms with Crippen molar-refractivity contribution < 1.29 is 26.5 Å². The molecule has 0 spiro atoms. The van der Waals surface area contributed by atoms with Crippen LogP contribution in [0.1, 0.15) is 18.2 Å². The number of rotatable bonds is 9. The number of carbonyl (C=O) groups excluding carboxylic acids is 1. The van der Waals surface area contributed by atoms with Crippen LogP contribution in [-0.2, 0) is 23.2 Å². The molecule has 0 radical (unpaired) electrons. The van der Waals surface area contributed by atoms with E-state index < -0.39 is 10.1 Å². The van der Waals surface area contributed by atoms with E-state index in [1.54, 1.807) is 59.7 Å². The average Bonchev–Trinajstić information content (AvgIpc) is 3.22. The number of hydrogen-bond donors (Lipinski definition) is 1. The maximum absolute atomic E-state index is 13.1. The lowest BCUT2D eigenvalue weighted by atomic mass is 10.2. The van der Waals surface area contributed by atoms with Crippen molar-refractivity contribution in [2.75, 3.05) is 18.2 Å².